The Kier molecular flexibility index (Phi) is 2.23. The molecule has 4 nitrogen and oxygen atoms in total. The first-order valence-corrected chi connectivity index (χ1v) is 6.40. The summed E-state index contributed by atoms with van der Waals surface area (Å²) in [4.78, 5) is 0. The molecular weight excluding hydrogens is 250 g/mol. The van der Waals surface area contributed by atoms with E-state index in [0.717, 1.165) is 16.6 Å². The summed E-state index contributed by atoms with van der Waals surface area (Å²) in [5.74, 6) is -0.109. The molecule has 0 saturated heterocycles. The molecule has 0 N–H and O–H groups in total. The van der Waals surface area contributed by atoms with Gasteiger partial charge in [0.25, 0.3) is 0 Å². The van der Waals surface area contributed by atoms with Crippen molar-refractivity contribution >= 4 is 16.4 Å². The molecule has 0 amide bonds. The smallest absolute Gasteiger partial charge is 0.191 e. The van der Waals surface area contributed by atoms with Crippen LogP contribution in [0.25, 0.3) is 22.1 Å². The lowest BCUT2D eigenvalue weighted by molar-refractivity contribution is -0.556. The first kappa shape index (κ1) is 11.0. The van der Waals surface area contributed by atoms with E-state index in [1.807, 2.05) is 66.7 Å². The SMILES string of the molecule is [O-]c1c2ccc3ccccc3[n+]2nn1-c1ccccc1. The molecule has 2 heterocycles. The molecule has 2 aromatic heterocycles. The number of nitrogens with zero attached hydrogens (tertiary/aromatic N) is 3. The molecule has 0 aliphatic carbocycles. The molecule has 96 valence electrons. The molecule has 4 rings (SSSR count). The molecule has 0 bridgehead atoms. The van der Waals surface area contributed by atoms with Gasteiger partial charge in [0.1, 0.15) is 11.1 Å². The number of aromatic nitrogens is 3. The van der Waals surface area contributed by atoms with Crippen molar-refractivity contribution in [3.8, 4) is 11.6 Å². The Morgan fingerprint density at radius 1 is 0.800 bits per heavy atom. The van der Waals surface area contributed by atoms with Gasteiger partial charge in [0.05, 0.1) is 0 Å². The zero-order chi connectivity index (χ0) is 13.5. The van der Waals surface area contributed by atoms with E-state index >= 15 is 0 Å². The van der Waals surface area contributed by atoms with Crippen molar-refractivity contribution in [1.29, 1.82) is 0 Å². The number of pyridine rings is 1. The molecule has 0 fully saturated rings. The summed E-state index contributed by atoms with van der Waals surface area (Å²) in [6.07, 6.45) is 0. The van der Waals surface area contributed by atoms with Gasteiger partial charge in [-0.2, -0.15) is 0 Å². The van der Waals surface area contributed by atoms with Gasteiger partial charge in [-0.15, -0.1) is 4.68 Å². The number of hydrogen-bond donors (Lipinski definition) is 0. The van der Waals surface area contributed by atoms with Gasteiger partial charge in [-0.05, 0) is 30.3 Å². The van der Waals surface area contributed by atoms with Crippen LogP contribution in [0.15, 0.2) is 66.7 Å². The molecule has 0 radical (unpaired) electrons. The van der Waals surface area contributed by atoms with Gasteiger partial charge in [0.15, 0.2) is 16.7 Å². The number of para-hydroxylation sites is 2. The van der Waals surface area contributed by atoms with Gasteiger partial charge in [0.2, 0.25) is 0 Å². The Labute approximate surface area is 115 Å². The highest BCUT2D eigenvalue weighted by atomic mass is 16.3. The number of hydrogen-bond acceptors (Lipinski definition) is 2. The van der Waals surface area contributed by atoms with Crippen LogP contribution in [0.4, 0.5) is 0 Å². The summed E-state index contributed by atoms with van der Waals surface area (Å²) in [5.41, 5.74) is 2.27. The molecular formula is C16H11N3O. The molecule has 0 aliphatic heterocycles. The molecule has 4 aromatic rings. The first-order valence-electron chi connectivity index (χ1n) is 6.40. The van der Waals surface area contributed by atoms with Crippen LogP contribution in [0.1, 0.15) is 0 Å². The Morgan fingerprint density at radius 3 is 2.40 bits per heavy atom. The Balaban J connectivity index is 2.10. The second kappa shape index (κ2) is 4.06. The second-order valence-electron chi connectivity index (χ2n) is 4.63. The van der Waals surface area contributed by atoms with E-state index in [0.29, 0.717) is 5.52 Å². The Morgan fingerprint density at radius 2 is 1.55 bits per heavy atom. The molecule has 20 heavy (non-hydrogen) atoms. The third kappa shape index (κ3) is 1.48. The lowest BCUT2D eigenvalue weighted by Gasteiger charge is -2.00. The maximum absolute atomic E-state index is 12.5. The van der Waals surface area contributed by atoms with E-state index in [1.54, 1.807) is 4.52 Å². The normalized spacial score (nSPS) is 11.2. The van der Waals surface area contributed by atoms with E-state index in [4.69, 9.17) is 0 Å². The lowest BCUT2D eigenvalue weighted by Crippen LogP contribution is -2.25. The standard InChI is InChI=1S/C16H11N3O/c20-16-15-11-10-12-6-4-5-9-14(12)19(15)17-18(16)13-7-2-1-3-8-13/h1-11H. The van der Waals surface area contributed by atoms with Crippen LogP contribution in [0.3, 0.4) is 0 Å². The minimum atomic E-state index is -0.109. The van der Waals surface area contributed by atoms with Gasteiger partial charge in [-0.25, -0.2) is 0 Å². The molecule has 0 aliphatic rings. The van der Waals surface area contributed by atoms with Crippen LogP contribution in [-0.2, 0) is 0 Å². The summed E-state index contributed by atoms with van der Waals surface area (Å²) in [6, 6.07) is 21.1. The molecule has 4 heteroatoms. The van der Waals surface area contributed by atoms with E-state index in [1.165, 1.54) is 4.68 Å². The Hall–Kier alpha value is -2.88. The summed E-state index contributed by atoms with van der Waals surface area (Å²) in [7, 11) is 0. The third-order valence-electron chi connectivity index (χ3n) is 3.41. The monoisotopic (exact) mass is 261 g/mol. The van der Waals surface area contributed by atoms with Gasteiger partial charge in [-0.1, -0.05) is 40.9 Å². The van der Waals surface area contributed by atoms with Gasteiger partial charge in [-0.3, -0.25) is 0 Å². The average Bonchev–Trinajstić information content (AvgIpc) is 2.86. The highest BCUT2D eigenvalue weighted by Gasteiger charge is 2.16. The van der Waals surface area contributed by atoms with Crippen molar-refractivity contribution in [3.05, 3.63) is 66.7 Å². The molecule has 0 unspecified atom stereocenters. The van der Waals surface area contributed by atoms with E-state index in [-0.39, 0.29) is 5.88 Å². The van der Waals surface area contributed by atoms with Crippen LogP contribution in [-0.4, -0.2) is 9.90 Å². The van der Waals surface area contributed by atoms with E-state index in [2.05, 4.69) is 5.21 Å². The van der Waals surface area contributed by atoms with E-state index < -0.39 is 0 Å². The van der Waals surface area contributed by atoms with Gasteiger partial charge < -0.3 is 5.11 Å². The molecule has 0 saturated carbocycles. The van der Waals surface area contributed by atoms with Crippen molar-refractivity contribution < 1.29 is 9.62 Å². The first-order chi connectivity index (χ1) is 9.84. The van der Waals surface area contributed by atoms with Crippen LogP contribution in [0.5, 0.6) is 5.88 Å². The molecule has 2 aromatic carbocycles. The second-order valence-corrected chi connectivity index (χ2v) is 4.63. The van der Waals surface area contributed by atoms with Crippen LogP contribution < -0.4 is 9.62 Å². The van der Waals surface area contributed by atoms with Crippen molar-refractivity contribution in [2.45, 2.75) is 0 Å². The highest BCUT2D eigenvalue weighted by molar-refractivity contribution is 5.77. The predicted octanol–water partition coefficient (Wildman–Crippen LogP) is 1.84. The summed E-state index contributed by atoms with van der Waals surface area (Å²) in [6.45, 7) is 0. The Bertz CT molecular complexity index is 913. The van der Waals surface area contributed by atoms with Crippen molar-refractivity contribution in [3.63, 3.8) is 0 Å². The largest absolute Gasteiger partial charge is 0.837 e. The van der Waals surface area contributed by atoms with Crippen LogP contribution in [0.2, 0.25) is 0 Å². The maximum atomic E-state index is 12.5. The maximum Gasteiger partial charge on any atom is 0.191 e. The van der Waals surface area contributed by atoms with Crippen molar-refractivity contribution in [1.82, 2.24) is 9.90 Å². The summed E-state index contributed by atoms with van der Waals surface area (Å²) < 4.78 is 3.13. The fourth-order valence-electron chi connectivity index (χ4n) is 2.43. The zero-order valence-electron chi connectivity index (χ0n) is 10.6. The van der Waals surface area contributed by atoms with Crippen LogP contribution >= 0.6 is 0 Å². The third-order valence-corrected chi connectivity index (χ3v) is 3.41. The van der Waals surface area contributed by atoms with Crippen molar-refractivity contribution in [2.75, 3.05) is 0 Å². The zero-order valence-corrected chi connectivity index (χ0v) is 10.6. The number of benzene rings is 2. The minimum Gasteiger partial charge on any atom is -0.837 e. The average molecular weight is 261 g/mol. The lowest BCUT2D eigenvalue weighted by atomic mass is 10.2. The topological polar surface area (TPSA) is 45.0 Å². The quantitative estimate of drug-likeness (QED) is 0.491. The highest BCUT2D eigenvalue weighted by Crippen LogP contribution is 2.19. The fraction of sp³-hybridized carbons (Fsp3) is 0. The minimum absolute atomic E-state index is 0.109. The molecule has 0 atom stereocenters. The van der Waals surface area contributed by atoms with Gasteiger partial charge >= 0.3 is 0 Å². The number of rotatable bonds is 1. The predicted molar refractivity (Wildman–Crippen MR) is 73.7 cm³/mol. The van der Waals surface area contributed by atoms with E-state index in [9.17, 15) is 5.11 Å². The summed E-state index contributed by atoms with van der Waals surface area (Å²) >= 11 is 0. The fourth-order valence-corrected chi connectivity index (χ4v) is 2.43. The summed E-state index contributed by atoms with van der Waals surface area (Å²) in [5, 5.41) is 17.9. The van der Waals surface area contributed by atoms with Gasteiger partial charge in [0, 0.05) is 5.39 Å². The number of fused-ring (bicyclic) bond motifs is 3. The van der Waals surface area contributed by atoms with Crippen molar-refractivity contribution in [2.24, 2.45) is 0 Å². The van der Waals surface area contributed by atoms with Crippen LogP contribution in [0, 0.1) is 0 Å². The molecule has 0 spiro atoms.